The molecule has 142 valence electrons. The van der Waals surface area contributed by atoms with E-state index in [0.717, 1.165) is 32.0 Å². The number of carbonyl (C=O) groups is 1. The largest absolute Gasteiger partial charge is 0.497 e. The zero-order valence-electron chi connectivity index (χ0n) is 14.7. The third-order valence-electron chi connectivity index (χ3n) is 5.30. The molecule has 1 amide bonds. The van der Waals surface area contributed by atoms with E-state index in [9.17, 15) is 18.0 Å². The first-order valence-electron chi connectivity index (χ1n) is 8.81. The van der Waals surface area contributed by atoms with Crippen molar-refractivity contribution in [3.63, 3.8) is 0 Å². The second kappa shape index (κ2) is 7.70. The smallest absolute Gasteiger partial charge is 0.417 e. The number of benzene rings is 1. The molecule has 1 aromatic carbocycles. The highest BCUT2D eigenvalue weighted by molar-refractivity contribution is 5.92. The summed E-state index contributed by atoms with van der Waals surface area (Å²) in [6.45, 7) is 3.29. The lowest BCUT2D eigenvalue weighted by Crippen LogP contribution is -2.31. The highest BCUT2D eigenvalue weighted by atomic mass is 19.4. The van der Waals surface area contributed by atoms with Crippen molar-refractivity contribution in [1.82, 2.24) is 10.2 Å². The van der Waals surface area contributed by atoms with Gasteiger partial charge in [-0.25, -0.2) is 0 Å². The van der Waals surface area contributed by atoms with Crippen LogP contribution in [0.2, 0.25) is 0 Å². The van der Waals surface area contributed by atoms with Crippen LogP contribution < -0.4 is 10.1 Å². The van der Waals surface area contributed by atoms with Crippen LogP contribution in [0.5, 0.6) is 5.75 Å². The van der Waals surface area contributed by atoms with Crippen LogP contribution in [-0.2, 0) is 11.0 Å². The quantitative estimate of drug-likeness (QED) is 0.834. The molecule has 2 atom stereocenters. The van der Waals surface area contributed by atoms with Gasteiger partial charge in [-0.05, 0) is 61.5 Å². The van der Waals surface area contributed by atoms with E-state index >= 15 is 0 Å². The number of nitrogens with one attached hydrogen (secondary N) is 1. The predicted octanol–water partition coefficient (Wildman–Crippen LogP) is 3.19. The molecule has 0 aromatic heterocycles. The Hall–Kier alpha value is -2.02. The van der Waals surface area contributed by atoms with Crippen LogP contribution in [-0.4, -0.2) is 44.1 Å². The fraction of sp³-hybridized carbons (Fsp3) is 0.526. The number of alkyl halides is 3. The van der Waals surface area contributed by atoms with Gasteiger partial charge in [0, 0.05) is 19.2 Å². The minimum atomic E-state index is -4.51. The van der Waals surface area contributed by atoms with Crippen LogP contribution in [0.1, 0.15) is 24.0 Å². The van der Waals surface area contributed by atoms with Crippen LogP contribution in [0.25, 0.3) is 6.08 Å². The molecule has 2 saturated heterocycles. The molecule has 2 fully saturated rings. The van der Waals surface area contributed by atoms with Gasteiger partial charge in [-0.2, -0.15) is 13.2 Å². The van der Waals surface area contributed by atoms with Gasteiger partial charge in [0.2, 0.25) is 5.91 Å². The molecule has 1 aromatic rings. The summed E-state index contributed by atoms with van der Waals surface area (Å²) < 4.78 is 44.6. The van der Waals surface area contributed by atoms with Gasteiger partial charge in [0.05, 0.1) is 12.7 Å². The van der Waals surface area contributed by atoms with Gasteiger partial charge in [0.15, 0.2) is 0 Å². The van der Waals surface area contributed by atoms with Crippen molar-refractivity contribution >= 4 is 12.0 Å². The van der Waals surface area contributed by atoms with Crippen LogP contribution >= 0.6 is 0 Å². The van der Waals surface area contributed by atoms with Gasteiger partial charge in [-0.1, -0.05) is 6.07 Å². The van der Waals surface area contributed by atoms with Gasteiger partial charge >= 0.3 is 6.18 Å². The Morgan fingerprint density at radius 1 is 1.23 bits per heavy atom. The van der Waals surface area contributed by atoms with Gasteiger partial charge in [0.1, 0.15) is 5.75 Å². The molecule has 2 aliphatic heterocycles. The molecule has 0 aliphatic carbocycles. The Balaban J connectivity index is 1.72. The van der Waals surface area contributed by atoms with E-state index in [0.29, 0.717) is 24.9 Å². The van der Waals surface area contributed by atoms with E-state index in [1.165, 1.54) is 31.4 Å². The number of likely N-dealkylation sites (tertiary alicyclic amines) is 1. The van der Waals surface area contributed by atoms with Gasteiger partial charge in [-0.15, -0.1) is 0 Å². The van der Waals surface area contributed by atoms with Crippen molar-refractivity contribution < 1.29 is 22.7 Å². The van der Waals surface area contributed by atoms with Crippen molar-refractivity contribution in [2.24, 2.45) is 11.8 Å². The number of halogens is 3. The Morgan fingerprint density at radius 3 is 2.46 bits per heavy atom. The molecular weight excluding hydrogens is 345 g/mol. The summed E-state index contributed by atoms with van der Waals surface area (Å²) in [5.74, 6) is 1.08. The number of hydrogen-bond acceptors (Lipinski definition) is 3. The number of fused-ring (bicyclic) bond motifs is 1. The fourth-order valence-corrected chi connectivity index (χ4v) is 3.76. The van der Waals surface area contributed by atoms with Crippen LogP contribution in [0, 0.1) is 11.8 Å². The summed E-state index contributed by atoms with van der Waals surface area (Å²) in [5, 5.41) is 3.38. The summed E-state index contributed by atoms with van der Waals surface area (Å²) in [6, 6.07) is 3.73. The third-order valence-corrected chi connectivity index (χ3v) is 5.30. The maximum Gasteiger partial charge on any atom is 0.417 e. The number of methoxy groups -OCH3 is 1. The monoisotopic (exact) mass is 368 g/mol. The molecule has 3 rings (SSSR count). The Kier molecular flexibility index (Phi) is 5.55. The number of carbonyl (C=O) groups excluding carboxylic acids is 1. The van der Waals surface area contributed by atoms with Crippen molar-refractivity contribution in [2.45, 2.75) is 19.0 Å². The minimum Gasteiger partial charge on any atom is -0.497 e. The van der Waals surface area contributed by atoms with E-state index in [-0.39, 0.29) is 17.2 Å². The lowest BCUT2D eigenvalue weighted by molar-refractivity contribution is -0.137. The fourth-order valence-electron chi connectivity index (χ4n) is 3.76. The molecule has 2 heterocycles. The topological polar surface area (TPSA) is 41.6 Å². The molecule has 2 aliphatic rings. The van der Waals surface area contributed by atoms with E-state index in [1.807, 2.05) is 0 Å². The Labute approximate surface area is 151 Å². The van der Waals surface area contributed by atoms with E-state index in [2.05, 4.69) is 5.32 Å². The summed E-state index contributed by atoms with van der Waals surface area (Å²) in [7, 11) is 1.32. The second-order valence-corrected chi connectivity index (χ2v) is 6.87. The first-order valence-corrected chi connectivity index (χ1v) is 8.81. The predicted molar refractivity (Wildman–Crippen MR) is 92.7 cm³/mol. The summed E-state index contributed by atoms with van der Waals surface area (Å²) >= 11 is 0. The molecule has 0 radical (unpaired) electrons. The molecule has 4 nitrogen and oxygen atoms in total. The van der Waals surface area contributed by atoms with Crippen molar-refractivity contribution in [3.05, 3.63) is 35.4 Å². The SMILES string of the molecule is COc1ccc(C=CC(=O)N2CC[C@@H]3CNC[C@@H]3CC2)c(C(F)(F)F)c1. The maximum absolute atomic E-state index is 13.2. The summed E-state index contributed by atoms with van der Waals surface area (Å²) in [5.41, 5.74) is -0.847. The van der Waals surface area contributed by atoms with E-state index in [1.54, 1.807) is 4.90 Å². The molecule has 0 bridgehead atoms. The molecule has 26 heavy (non-hydrogen) atoms. The summed E-state index contributed by atoms with van der Waals surface area (Å²) in [4.78, 5) is 14.2. The van der Waals surface area contributed by atoms with E-state index < -0.39 is 11.7 Å². The van der Waals surface area contributed by atoms with Gasteiger partial charge < -0.3 is 15.0 Å². The lowest BCUT2D eigenvalue weighted by atomic mass is 9.92. The highest BCUT2D eigenvalue weighted by Crippen LogP contribution is 2.35. The first kappa shape index (κ1) is 18.8. The minimum absolute atomic E-state index is 0.0393. The average molecular weight is 368 g/mol. The normalized spacial score (nSPS) is 23.8. The van der Waals surface area contributed by atoms with Crippen LogP contribution in [0.15, 0.2) is 24.3 Å². The van der Waals surface area contributed by atoms with Gasteiger partial charge in [0.25, 0.3) is 0 Å². The average Bonchev–Trinajstić information content (AvgIpc) is 2.97. The molecular formula is C19H23F3N2O2. The Morgan fingerprint density at radius 2 is 1.88 bits per heavy atom. The lowest BCUT2D eigenvalue weighted by Gasteiger charge is -2.19. The van der Waals surface area contributed by atoms with E-state index in [4.69, 9.17) is 4.74 Å². The summed E-state index contributed by atoms with van der Waals surface area (Å²) in [6.07, 6.45) is -0.139. The number of hydrogen-bond donors (Lipinski definition) is 1. The number of ether oxygens (including phenoxy) is 1. The molecule has 1 N–H and O–H groups in total. The molecule has 0 saturated carbocycles. The van der Waals surface area contributed by atoms with Crippen molar-refractivity contribution in [3.8, 4) is 5.75 Å². The van der Waals surface area contributed by atoms with Gasteiger partial charge in [-0.3, -0.25) is 4.79 Å². The number of nitrogens with zero attached hydrogens (tertiary/aromatic N) is 1. The number of amides is 1. The number of rotatable bonds is 3. The maximum atomic E-state index is 13.2. The van der Waals surface area contributed by atoms with Crippen molar-refractivity contribution in [2.75, 3.05) is 33.3 Å². The van der Waals surface area contributed by atoms with Crippen molar-refractivity contribution in [1.29, 1.82) is 0 Å². The zero-order chi connectivity index (χ0) is 18.7. The second-order valence-electron chi connectivity index (χ2n) is 6.87. The first-order chi connectivity index (χ1) is 12.4. The van der Waals surface area contributed by atoms with Crippen LogP contribution in [0.3, 0.4) is 0 Å². The third kappa shape index (κ3) is 4.20. The van der Waals surface area contributed by atoms with Crippen LogP contribution in [0.4, 0.5) is 13.2 Å². The molecule has 0 unspecified atom stereocenters. The highest BCUT2D eigenvalue weighted by Gasteiger charge is 2.34. The Bertz CT molecular complexity index is 674. The molecule has 0 spiro atoms. The standard InChI is InChI=1S/C19H23F3N2O2/c1-26-16-4-2-13(17(10-16)19(20,21)22)3-5-18(25)24-8-6-14-11-23-12-15(14)7-9-24/h2-5,10,14-15,23H,6-9,11-12H2,1H3/t14-,15+. The molecule has 7 heteroatoms. The zero-order valence-corrected chi connectivity index (χ0v) is 14.7.